The van der Waals surface area contributed by atoms with Crippen LogP contribution in [0.1, 0.15) is 18.4 Å². The third-order valence-corrected chi connectivity index (χ3v) is 3.95. The summed E-state index contributed by atoms with van der Waals surface area (Å²) in [5.74, 6) is -1.49. The van der Waals surface area contributed by atoms with E-state index in [2.05, 4.69) is 10.6 Å². The molecule has 0 saturated carbocycles. The highest BCUT2D eigenvalue weighted by atomic mass is 16.4. The van der Waals surface area contributed by atoms with Gasteiger partial charge in [-0.3, -0.25) is 4.79 Å². The van der Waals surface area contributed by atoms with Gasteiger partial charge in [0.25, 0.3) is 0 Å². The van der Waals surface area contributed by atoms with E-state index >= 15 is 0 Å². The SMILES string of the molecule is Cc1cccc2c1ccn2CC(=O)N[C@@H](CCCNC(N)=O)C(=O)O. The van der Waals surface area contributed by atoms with Crippen molar-refractivity contribution < 1.29 is 19.5 Å². The van der Waals surface area contributed by atoms with Gasteiger partial charge in [0, 0.05) is 23.6 Å². The molecule has 5 N–H and O–H groups in total. The summed E-state index contributed by atoms with van der Waals surface area (Å²) < 4.78 is 1.78. The molecule has 1 atom stereocenters. The molecule has 0 radical (unpaired) electrons. The van der Waals surface area contributed by atoms with E-state index in [4.69, 9.17) is 5.73 Å². The van der Waals surface area contributed by atoms with Gasteiger partial charge in [0.15, 0.2) is 0 Å². The van der Waals surface area contributed by atoms with E-state index in [1.165, 1.54) is 0 Å². The Balaban J connectivity index is 1.95. The molecule has 2 rings (SSSR count). The molecule has 2 aromatic rings. The largest absolute Gasteiger partial charge is 0.480 e. The zero-order valence-electron chi connectivity index (χ0n) is 14.0. The van der Waals surface area contributed by atoms with Crippen LogP contribution in [0.3, 0.4) is 0 Å². The van der Waals surface area contributed by atoms with E-state index in [-0.39, 0.29) is 25.4 Å². The van der Waals surface area contributed by atoms with Gasteiger partial charge in [0.2, 0.25) is 5.91 Å². The fraction of sp³-hybridized carbons (Fsp3) is 0.353. The van der Waals surface area contributed by atoms with Crippen molar-refractivity contribution in [2.24, 2.45) is 5.73 Å². The number of nitrogens with zero attached hydrogens (tertiary/aromatic N) is 1. The first-order valence-corrected chi connectivity index (χ1v) is 7.98. The topological polar surface area (TPSA) is 126 Å². The Morgan fingerprint density at radius 2 is 2.04 bits per heavy atom. The number of hydrogen-bond donors (Lipinski definition) is 4. The number of carbonyl (C=O) groups is 3. The minimum Gasteiger partial charge on any atom is -0.480 e. The number of carbonyl (C=O) groups excluding carboxylic acids is 2. The maximum Gasteiger partial charge on any atom is 0.326 e. The van der Waals surface area contributed by atoms with Crippen LogP contribution in [0.15, 0.2) is 30.5 Å². The fourth-order valence-electron chi connectivity index (χ4n) is 2.68. The number of aliphatic carboxylic acids is 1. The predicted molar refractivity (Wildman–Crippen MR) is 93.1 cm³/mol. The molecule has 1 aromatic heterocycles. The van der Waals surface area contributed by atoms with Crippen molar-refractivity contribution in [2.75, 3.05) is 6.54 Å². The first kappa shape index (κ1) is 18.3. The molecule has 134 valence electrons. The van der Waals surface area contributed by atoms with Gasteiger partial charge in [0.05, 0.1) is 0 Å². The molecule has 8 heteroatoms. The molecule has 0 bridgehead atoms. The number of carboxylic acids is 1. The second kappa shape index (κ2) is 8.18. The molecule has 0 aliphatic rings. The first-order chi connectivity index (χ1) is 11.9. The average molecular weight is 346 g/mol. The van der Waals surface area contributed by atoms with Crippen LogP contribution in [-0.4, -0.2) is 40.2 Å². The van der Waals surface area contributed by atoms with E-state index in [1.807, 2.05) is 37.4 Å². The summed E-state index contributed by atoms with van der Waals surface area (Å²) in [6.07, 6.45) is 2.41. The predicted octanol–water partition coefficient (Wildman–Crippen LogP) is 0.968. The molecule has 25 heavy (non-hydrogen) atoms. The number of benzene rings is 1. The maximum atomic E-state index is 12.2. The van der Waals surface area contributed by atoms with Crippen LogP contribution >= 0.6 is 0 Å². The lowest BCUT2D eigenvalue weighted by atomic mass is 10.1. The molecule has 8 nitrogen and oxygen atoms in total. The molecule has 3 amide bonds. The van der Waals surface area contributed by atoms with Gasteiger partial charge in [-0.2, -0.15) is 0 Å². The van der Waals surface area contributed by atoms with Crippen molar-refractivity contribution >= 4 is 28.8 Å². The number of rotatable bonds is 8. The van der Waals surface area contributed by atoms with Crippen LogP contribution in [0.25, 0.3) is 10.9 Å². The van der Waals surface area contributed by atoms with Crippen LogP contribution in [0.4, 0.5) is 4.79 Å². The van der Waals surface area contributed by atoms with E-state index in [9.17, 15) is 19.5 Å². The molecule has 0 fully saturated rings. The van der Waals surface area contributed by atoms with E-state index in [0.717, 1.165) is 16.5 Å². The van der Waals surface area contributed by atoms with Crippen LogP contribution in [0, 0.1) is 6.92 Å². The van der Waals surface area contributed by atoms with Gasteiger partial charge in [-0.25, -0.2) is 9.59 Å². The Hall–Kier alpha value is -3.03. The summed E-state index contributed by atoms with van der Waals surface area (Å²) >= 11 is 0. The lowest BCUT2D eigenvalue weighted by molar-refractivity contribution is -0.142. The highest BCUT2D eigenvalue weighted by molar-refractivity contribution is 5.87. The number of carboxylic acid groups (broad SMARTS) is 1. The molecule has 0 saturated heterocycles. The normalized spacial score (nSPS) is 11.9. The molecular formula is C17H22N4O4. The van der Waals surface area contributed by atoms with E-state index < -0.39 is 18.0 Å². The minimum atomic E-state index is -1.11. The van der Waals surface area contributed by atoms with Crippen LogP contribution in [-0.2, 0) is 16.1 Å². The van der Waals surface area contributed by atoms with Crippen molar-refractivity contribution in [3.05, 3.63) is 36.0 Å². The molecule has 0 unspecified atom stereocenters. The number of primary amides is 1. The second-order valence-corrected chi connectivity index (χ2v) is 5.84. The number of hydrogen-bond acceptors (Lipinski definition) is 3. The molecule has 1 heterocycles. The Kier molecular flexibility index (Phi) is 5.99. The lowest BCUT2D eigenvalue weighted by Crippen LogP contribution is -2.42. The summed E-state index contributed by atoms with van der Waals surface area (Å²) in [6.45, 7) is 2.29. The second-order valence-electron chi connectivity index (χ2n) is 5.84. The van der Waals surface area contributed by atoms with Gasteiger partial charge >= 0.3 is 12.0 Å². The summed E-state index contributed by atoms with van der Waals surface area (Å²) in [5, 5.41) is 15.2. The Bertz CT molecular complexity index is 784. The monoisotopic (exact) mass is 346 g/mol. The number of aromatic nitrogens is 1. The molecule has 1 aromatic carbocycles. The summed E-state index contributed by atoms with van der Waals surface area (Å²) in [4.78, 5) is 34.1. The van der Waals surface area contributed by atoms with Crippen LogP contribution in [0.2, 0.25) is 0 Å². The van der Waals surface area contributed by atoms with Gasteiger partial charge in [-0.1, -0.05) is 12.1 Å². The average Bonchev–Trinajstić information content (AvgIpc) is 2.94. The number of nitrogens with one attached hydrogen (secondary N) is 2. The smallest absolute Gasteiger partial charge is 0.326 e. The van der Waals surface area contributed by atoms with Gasteiger partial charge < -0.3 is 26.0 Å². The first-order valence-electron chi connectivity index (χ1n) is 7.98. The van der Waals surface area contributed by atoms with Crippen molar-refractivity contribution in [3.8, 4) is 0 Å². The van der Waals surface area contributed by atoms with Crippen molar-refractivity contribution in [2.45, 2.75) is 32.4 Å². The summed E-state index contributed by atoms with van der Waals surface area (Å²) in [7, 11) is 0. The number of nitrogens with two attached hydrogens (primary N) is 1. The van der Waals surface area contributed by atoms with Gasteiger partial charge in [-0.15, -0.1) is 0 Å². The number of fused-ring (bicyclic) bond motifs is 1. The maximum absolute atomic E-state index is 12.2. The third kappa shape index (κ3) is 4.97. The molecule has 0 spiro atoms. The standard InChI is InChI=1S/C17H22N4O4/c1-11-4-2-6-14-12(11)7-9-21(14)10-15(22)20-13(16(23)24)5-3-8-19-17(18)25/h2,4,6-7,9,13H,3,5,8,10H2,1H3,(H,20,22)(H,23,24)(H3,18,19,25)/t13-/m0/s1. The number of aryl methyl sites for hydroxylation is 1. The molecule has 0 aliphatic heterocycles. The highest BCUT2D eigenvalue weighted by Crippen LogP contribution is 2.19. The number of urea groups is 1. The van der Waals surface area contributed by atoms with Crippen LogP contribution in [0.5, 0.6) is 0 Å². The van der Waals surface area contributed by atoms with Crippen molar-refractivity contribution in [1.82, 2.24) is 15.2 Å². The lowest BCUT2D eigenvalue weighted by Gasteiger charge is -2.15. The minimum absolute atomic E-state index is 0.0380. The summed E-state index contributed by atoms with van der Waals surface area (Å²) in [5.41, 5.74) is 6.98. The van der Waals surface area contributed by atoms with E-state index in [1.54, 1.807) is 4.57 Å². The fourth-order valence-corrected chi connectivity index (χ4v) is 2.68. The van der Waals surface area contributed by atoms with E-state index in [0.29, 0.717) is 6.42 Å². The third-order valence-electron chi connectivity index (χ3n) is 3.95. The zero-order valence-corrected chi connectivity index (χ0v) is 14.0. The van der Waals surface area contributed by atoms with Crippen molar-refractivity contribution in [1.29, 1.82) is 0 Å². The Morgan fingerprint density at radius 1 is 1.28 bits per heavy atom. The Morgan fingerprint density at radius 3 is 2.72 bits per heavy atom. The molecular weight excluding hydrogens is 324 g/mol. The quantitative estimate of drug-likeness (QED) is 0.531. The number of amides is 3. The van der Waals surface area contributed by atoms with Gasteiger partial charge in [-0.05, 0) is 37.5 Å². The highest BCUT2D eigenvalue weighted by Gasteiger charge is 2.20. The summed E-state index contributed by atoms with van der Waals surface area (Å²) in [6, 6.07) is 6.09. The zero-order chi connectivity index (χ0) is 18.4. The van der Waals surface area contributed by atoms with Crippen molar-refractivity contribution in [3.63, 3.8) is 0 Å². The Labute approximate surface area is 145 Å². The van der Waals surface area contributed by atoms with Crippen LogP contribution < -0.4 is 16.4 Å². The molecule has 0 aliphatic carbocycles. The van der Waals surface area contributed by atoms with Gasteiger partial charge in [0.1, 0.15) is 12.6 Å².